The summed E-state index contributed by atoms with van der Waals surface area (Å²) in [5.74, 6) is 0. The molecule has 0 aliphatic rings. The zero-order chi connectivity index (χ0) is 15.4. The Labute approximate surface area is 128 Å². The van der Waals surface area contributed by atoms with E-state index in [2.05, 4.69) is 48.6 Å². The number of aliphatic hydroxyl groups excluding tert-OH is 1. The molecule has 0 saturated heterocycles. The lowest BCUT2D eigenvalue weighted by Gasteiger charge is -2.10. The number of fused-ring (bicyclic) bond motifs is 4. The smallest absolute Gasteiger partial charge is 0.0682 e. The monoisotopic (exact) mass is 290 g/mol. The summed E-state index contributed by atoms with van der Waals surface area (Å²) in [6.07, 6.45) is 3.80. The summed E-state index contributed by atoms with van der Waals surface area (Å²) in [7, 11) is 2.11. The molecule has 4 rings (SSSR count). The van der Waals surface area contributed by atoms with Crippen molar-refractivity contribution in [1.29, 1.82) is 0 Å². The number of rotatable bonds is 1. The fraction of sp³-hybridized carbons (Fsp3) is 0.211. The van der Waals surface area contributed by atoms with E-state index in [-0.39, 0.29) is 6.61 Å². The van der Waals surface area contributed by atoms with Crippen LogP contribution in [0.2, 0.25) is 0 Å². The van der Waals surface area contributed by atoms with Gasteiger partial charge >= 0.3 is 0 Å². The highest BCUT2D eigenvalue weighted by Gasteiger charge is 2.16. The van der Waals surface area contributed by atoms with Gasteiger partial charge in [-0.15, -0.1) is 0 Å². The highest BCUT2D eigenvalue weighted by Crippen LogP contribution is 2.38. The summed E-state index contributed by atoms with van der Waals surface area (Å²) >= 11 is 0. The molecule has 2 aromatic heterocycles. The number of nitrogens with zero attached hydrogens (tertiary/aromatic N) is 2. The Morgan fingerprint density at radius 2 is 1.86 bits per heavy atom. The second-order valence-electron chi connectivity index (χ2n) is 5.96. The summed E-state index contributed by atoms with van der Waals surface area (Å²) in [6, 6.07) is 8.29. The lowest BCUT2D eigenvalue weighted by atomic mass is 9.96. The standard InChI is InChI=1S/C19H18N2O/c1-11-16-9-20-7-6-14(16)12(2)19-18(11)15-8-13(10-22)4-5-17(15)21(19)3/h4-9,22H,10H2,1-3H3. The van der Waals surface area contributed by atoms with Gasteiger partial charge in [-0.25, -0.2) is 0 Å². The first-order valence-electron chi connectivity index (χ1n) is 7.48. The molecule has 4 aromatic rings. The average molecular weight is 290 g/mol. The third-order valence-corrected chi connectivity index (χ3v) is 4.81. The Balaban J connectivity index is 2.34. The first kappa shape index (κ1) is 13.3. The van der Waals surface area contributed by atoms with Crippen molar-refractivity contribution in [3.05, 3.63) is 53.3 Å². The molecular weight excluding hydrogens is 272 g/mol. The van der Waals surface area contributed by atoms with Gasteiger partial charge in [0, 0.05) is 41.1 Å². The van der Waals surface area contributed by atoms with Gasteiger partial charge in [-0.3, -0.25) is 4.98 Å². The molecular formula is C19H18N2O. The minimum atomic E-state index is 0.0689. The van der Waals surface area contributed by atoms with Crippen molar-refractivity contribution in [2.75, 3.05) is 0 Å². The Bertz CT molecular complexity index is 1040. The van der Waals surface area contributed by atoms with Crippen molar-refractivity contribution >= 4 is 32.6 Å². The molecule has 3 nitrogen and oxygen atoms in total. The Kier molecular flexibility index (Phi) is 2.75. The van der Waals surface area contributed by atoms with Crippen LogP contribution >= 0.6 is 0 Å². The van der Waals surface area contributed by atoms with E-state index >= 15 is 0 Å². The highest BCUT2D eigenvalue weighted by atomic mass is 16.3. The fourth-order valence-corrected chi connectivity index (χ4v) is 3.69. The van der Waals surface area contributed by atoms with Gasteiger partial charge in [0.15, 0.2) is 0 Å². The second-order valence-corrected chi connectivity index (χ2v) is 5.96. The molecule has 0 radical (unpaired) electrons. The van der Waals surface area contributed by atoms with Gasteiger partial charge in [0.25, 0.3) is 0 Å². The molecule has 3 heteroatoms. The predicted octanol–water partition coefficient (Wildman–Crippen LogP) is 3.99. The van der Waals surface area contributed by atoms with Gasteiger partial charge in [0.1, 0.15) is 0 Å². The molecule has 1 N–H and O–H groups in total. The largest absolute Gasteiger partial charge is 0.392 e. The zero-order valence-corrected chi connectivity index (χ0v) is 13.0. The zero-order valence-electron chi connectivity index (χ0n) is 13.0. The van der Waals surface area contributed by atoms with E-state index in [1.807, 2.05) is 18.5 Å². The van der Waals surface area contributed by atoms with E-state index in [1.165, 1.54) is 43.7 Å². The summed E-state index contributed by atoms with van der Waals surface area (Å²) in [5.41, 5.74) is 5.94. The van der Waals surface area contributed by atoms with Crippen LogP contribution in [0.1, 0.15) is 16.7 Å². The van der Waals surface area contributed by atoms with E-state index < -0.39 is 0 Å². The van der Waals surface area contributed by atoms with Gasteiger partial charge in [0.05, 0.1) is 12.1 Å². The summed E-state index contributed by atoms with van der Waals surface area (Å²) < 4.78 is 2.26. The van der Waals surface area contributed by atoms with Crippen molar-refractivity contribution in [2.24, 2.45) is 7.05 Å². The van der Waals surface area contributed by atoms with Crippen LogP contribution < -0.4 is 0 Å². The van der Waals surface area contributed by atoms with E-state index in [9.17, 15) is 5.11 Å². The lowest BCUT2D eigenvalue weighted by Crippen LogP contribution is -1.92. The van der Waals surface area contributed by atoms with Crippen LogP contribution in [-0.2, 0) is 13.7 Å². The van der Waals surface area contributed by atoms with Gasteiger partial charge in [-0.05, 0) is 54.1 Å². The van der Waals surface area contributed by atoms with Crippen molar-refractivity contribution in [3.8, 4) is 0 Å². The summed E-state index contributed by atoms with van der Waals surface area (Å²) in [4.78, 5) is 4.30. The molecule has 0 aliphatic carbocycles. The maximum Gasteiger partial charge on any atom is 0.0682 e. The number of aryl methyl sites for hydroxylation is 3. The van der Waals surface area contributed by atoms with Crippen LogP contribution in [0.3, 0.4) is 0 Å². The number of aliphatic hydroxyl groups is 1. The number of aromatic nitrogens is 2. The van der Waals surface area contributed by atoms with Crippen molar-refractivity contribution in [1.82, 2.24) is 9.55 Å². The van der Waals surface area contributed by atoms with Crippen LogP contribution in [0, 0.1) is 13.8 Å². The molecule has 0 atom stereocenters. The molecule has 0 saturated carbocycles. The fourth-order valence-electron chi connectivity index (χ4n) is 3.69. The van der Waals surface area contributed by atoms with Gasteiger partial charge < -0.3 is 9.67 Å². The van der Waals surface area contributed by atoms with Crippen LogP contribution in [0.15, 0.2) is 36.7 Å². The Morgan fingerprint density at radius 1 is 1.05 bits per heavy atom. The molecule has 22 heavy (non-hydrogen) atoms. The molecule has 0 bridgehead atoms. The van der Waals surface area contributed by atoms with E-state index in [0.717, 1.165) is 5.56 Å². The second kappa shape index (κ2) is 4.55. The number of hydrogen-bond acceptors (Lipinski definition) is 2. The molecule has 2 aromatic carbocycles. The van der Waals surface area contributed by atoms with E-state index in [1.54, 1.807) is 0 Å². The summed E-state index contributed by atoms with van der Waals surface area (Å²) in [5, 5.41) is 14.4. The average Bonchev–Trinajstić information content (AvgIpc) is 2.85. The molecule has 0 unspecified atom stereocenters. The number of benzene rings is 2. The SMILES string of the molecule is Cc1c2cnccc2c(C)c2c1c1cc(CO)ccc1n2C. The minimum absolute atomic E-state index is 0.0689. The molecule has 2 heterocycles. The third-order valence-electron chi connectivity index (χ3n) is 4.81. The van der Waals surface area contributed by atoms with Gasteiger partial charge in [0.2, 0.25) is 0 Å². The lowest BCUT2D eigenvalue weighted by molar-refractivity contribution is 0.282. The van der Waals surface area contributed by atoms with Gasteiger partial charge in [-0.1, -0.05) is 6.07 Å². The van der Waals surface area contributed by atoms with Crippen LogP contribution in [0.5, 0.6) is 0 Å². The maximum atomic E-state index is 9.45. The minimum Gasteiger partial charge on any atom is -0.392 e. The van der Waals surface area contributed by atoms with Crippen LogP contribution in [0.4, 0.5) is 0 Å². The highest BCUT2D eigenvalue weighted by molar-refractivity contribution is 6.16. The van der Waals surface area contributed by atoms with Crippen LogP contribution in [0.25, 0.3) is 32.6 Å². The first-order valence-corrected chi connectivity index (χ1v) is 7.48. The molecule has 0 fully saturated rings. The number of pyridine rings is 1. The molecule has 0 amide bonds. The topological polar surface area (TPSA) is 38.1 Å². The van der Waals surface area contributed by atoms with Crippen molar-refractivity contribution in [2.45, 2.75) is 20.5 Å². The van der Waals surface area contributed by atoms with Crippen molar-refractivity contribution < 1.29 is 5.11 Å². The molecule has 0 aliphatic heterocycles. The third kappa shape index (κ3) is 1.57. The first-order chi connectivity index (χ1) is 10.6. The molecule has 110 valence electrons. The Morgan fingerprint density at radius 3 is 2.64 bits per heavy atom. The Hall–Kier alpha value is -2.39. The predicted molar refractivity (Wildman–Crippen MR) is 91.1 cm³/mol. The van der Waals surface area contributed by atoms with Crippen molar-refractivity contribution in [3.63, 3.8) is 0 Å². The maximum absolute atomic E-state index is 9.45. The van der Waals surface area contributed by atoms with E-state index in [0.29, 0.717) is 0 Å². The van der Waals surface area contributed by atoms with E-state index in [4.69, 9.17) is 0 Å². The van der Waals surface area contributed by atoms with Gasteiger partial charge in [-0.2, -0.15) is 0 Å². The quantitative estimate of drug-likeness (QED) is 0.575. The normalized spacial score (nSPS) is 11.8. The molecule has 0 spiro atoms. The number of hydrogen-bond donors (Lipinski definition) is 1. The van der Waals surface area contributed by atoms with Crippen LogP contribution in [-0.4, -0.2) is 14.7 Å². The summed E-state index contributed by atoms with van der Waals surface area (Å²) in [6.45, 7) is 4.41.